The Balaban J connectivity index is 1.94. The highest BCUT2D eigenvalue weighted by Crippen LogP contribution is 2.24. The largest absolute Gasteiger partial charge is 0.306 e. The van der Waals surface area contributed by atoms with Crippen LogP contribution >= 0.6 is 11.3 Å². The second-order valence-electron chi connectivity index (χ2n) is 5.25. The molecule has 1 nitrogen and oxygen atoms in total. The second-order valence-corrected chi connectivity index (χ2v) is 6.23. The summed E-state index contributed by atoms with van der Waals surface area (Å²) in [4.78, 5) is 1.40. The molecule has 0 aliphatic rings. The Morgan fingerprint density at radius 1 is 1.20 bits per heavy atom. The summed E-state index contributed by atoms with van der Waals surface area (Å²) in [5.41, 5.74) is 1.17. The van der Waals surface area contributed by atoms with Gasteiger partial charge in [-0.05, 0) is 48.9 Å². The monoisotopic (exact) mass is 291 g/mol. The molecule has 0 aliphatic heterocycles. The lowest BCUT2D eigenvalue weighted by Crippen LogP contribution is -2.31. The van der Waals surface area contributed by atoms with E-state index in [0.717, 1.165) is 12.8 Å². The first-order valence-corrected chi connectivity index (χ1v) is 8.11. The van der Waals surface area contributed by atoms with Gasteiger partial charge >= 0.3 is 0 Å². The summed E-state index contributed by atoms with van der Waals surface area (Å²) >= 11 is 1.81. The lowest BCUT2D eigenvalue weighted by atomic mass is 10.0. The van der Waals surface area contributed by atoms with E-state index in [1.54, 1.807) is 0 Å². The van der Waals surface area contributed by atoms with E-state index in [9.17, 15) is 4.39 Å². The first kappa shape index (κ1) is 15.2. The van der Waals surface area contributed by atoms with E-state index < -0.39 is 0 Å². The third kappa shape index (κ3) is 4.43. The van der Waals surface area contributed by atoms with Crippen LogP contribution in [-0.2, 0) is 6.42 Å². The summed E-state index contributed by atoms with van der Waals surface area (Å²) < 4.78 is 12.9. The maximum absolute atomic E-state index is 12.9. The third-order valence-electron chi connectivity index (χ3n) is 3.40. The smallest absolute Gasteiger partial charge is 0.123 e. The van der Waals surface area contributed by atoms with Crippen LogP contribution in [0.4, 0.5) is 4.39 Å². The molecule has 0 amide bonds. The predicted molar refractivity (Wildman–Crippen MR) is 84.7 cm³/mol. The van der Waals surface area contributed by atoms with Gasteiger partial charge in [0.25, 0.3) is 0 Å². The Labute approximate surface area is 124 Å². The summed E-state index contributed by atoms with van der Waals surface area (Å²) in [7, 11) is 0. The molecule has 0 spiro atoms. The maximum Gasteiger partial charge on any atom is 0.123 e. The molecule has 3 heteroatoms. The van der Waals surface area contributed by atoms with Crippen molar-refractivity contribution in [1.29, 1.82) is 0 Å². The molecular formula is C17H22FNS. The van der Waals surface area contributed by atoms with Gasteiger partial charge in [0.15, 0.2) is 0 Å². The van der Waals surface area contributed by atoms with Crippen molar-refractivity contribution in [3.8, 4) is 0 Å². The van der Waals surface area contributed by atoms with Gasteiger partial charge in [-0.2, -0.15) is 0 Å². The molecule has 0 bridgehead atoms. The van der Waals surface area contributed by atoms with Crippen molar-refractivity contribution in [2.24, 2.45) is 0 Å². The zero-order valence-electron chi connectivity index (χ0n) is 12.1. The minimum atomic E-state index is -0.170. The quantitative estimate of drug-likeness (QED) is 0.761. The lowest BCUT2D eigenvalue weighted by Gasteiger charge is -2.22. The van der Waals surface area contributed by atoms with Crippen LogP contribution in [0, 0.1) is 5.82 Å². The van der Waals surface area contributed by atoms with Crippen LogP contribution in [0.25, 0.3) is 0 Å². The molecule has 2 aromatic rings. The number of benzene rings is 1. The predicted octanol–water partition coefficient (Wildman–Crippen LogP) is 4.95. The number of nitrogens with one attached hydrogen (secondary N) is 1. The van der Waals surface area contributed by atoms with E-state index >= 15 is 0 Å². The fraction of sp³-hybridized carbons (Fsp3) is 0.412. The molecule has 1 N–H and O–H groups in total. The van der Waals surface area contributed by atoms with Gasteiger partial charge in [0.2, 0.25) is 0 Å². The van der Waals surface area contributed by atoms with Crippen LogP contribution in [-0.4, -0.2) is 6.04 Å². The van der Waals surface area contributed by atoms with E-state index in [4.69, 9.17) is 0 Å². The van der Waals surface area contributed by atoms with Crippen LogP contribution in [0.1, 0.15) is 43.2 Å². The van der Waals surface area contributed by atoms with Gasteiger partial charge in [0.05, 0.1) is 0 Å². The van der Waals surface area contributed by atoms with E-state index in [1.165, 1.54) is 29.0 Å². The van der Waals surface area contributed by atoms with Crippen molar-refractivity contribution >= 4 is 11.3 Å². The zero-order valence-corrected chi connectivity index (χ0v) is 12.9. The maximum atomic E-state index is 12.9. The highest BCUT2D eigenvalue weighted by atomic mass is 32.1. The van der Waals surface area contributed by atoms with Gasteiger partial charge < -0.3 is 5.32 Å². The molecule has 0 fully saturated rings. The standard InChI is InChI=1S/C17H22FNS/c1-3-5-16(17-6-4-11-20-17)19-13(2)12-14-7-9-15(18)10-8-14/h4,6-11,13,16,19H,3,5,12H2,1-2H3. The van der Waals surface area contributed by atoms with Crippen molar-refractivity contribution in [1.82, 2.24) is 5.32 Å². The Bertz CT molecular complexity index is 492. The SMILES string of the molecule is CCCC(NC(C)Cc1ccc(F)cc1)c1cccs1. The van der Waals surface area contributed by atoms with Crippen molar-refractivity contribution in [3.05, 3.63) is 58.0 Å². The minimum absolute atomic E-state index is 0.170. The highest BCUT2D eigenvalue weighted by Gasteiger charge is 2.14. The summed E-state index contributed by atoms with van der Waals surface area (Å²) in [6, 6.07) is 11.9. The first-order valence-electron chi connectivity index (χ1n) is 7.23. The second kappa shape index (κ2) is 7.55. The zero-order chi connectivity index (χ0) is 14.4. The van der Waals surface area contributed by atoms with Crippen LogP contribution in [0.3, 0.4) is 0 Å². The Hall–Kier alpha value is -1.19. The Kier molecular flexibility index (Phi) is 5.74. The minimum Gasteiger partial charge on any atom is -0.306 e. The first-order chi connectivity index (χ1) is 9.69. The van der Waals surface area contributed by atoms with Gasteiger partial charge in [-0.15, -0.1) is 11.3 Å². The van der Waals surface area contributed by atoms with E-state index in [-0.39, 0.29) is 5.82 Å². The molecule has 2 rings (SSSR count). The number of thiophene rings is 1. The van der Waals surface area contributed by atoms with Crippen molar-refractivity contribution in [2.75, 3.05) is 0 Å². The van der Waals surface area contributed by atoms with Crippen LogP contribution < -0.4 is 5.32 Å². The van der Waals surface area contributed by atoms with Gasteiger partial charge in [-0.1, -0.05) is 31.5 Å². The fourth-order valence-corrected chi connectivity index (χ4v) is 3.28. The summed E-state index contributed by atoms with van der Waals surface area (Å²) in [5.74, 6) is -0.170. The Morgan fingerprint density at radius 3 is 2.55 bits per heavy atom. The van der Waals surface area contributed by atoms with Crippen LogP contribution in [0.5, 0.6) is 0 Å². The molecule has 2 atom stereocenters. The van der Waals surface area contributed by atoms with Gasteiger partial charge in [-0.3, -0.25) is 0 Å². The molecule has 1 heterocycles. The average molecular weight is 291 g/mol. The molecule has 0 saturated carbocycles. The number of hydrogen-bond donors (Lipinski definition) is 1. The average Bonchev–Trinajstić information content (AvgIpc) is 2.95. The molecule has 108 valence electrons. The molecule has 0 saturated heterocycles. The number of hydrogen-bond acceptors (Lipinski definition) is 2. The van der Waals surface area contributed by atoms with Gasteiger partial charge in [-0.25, -0.2) is 4.39 Å². The van der Waals surface area contributed by atoms with Crippen molar-refractivity contribution < 1.29 is 4.39 Å². The van der Waals surface area contributed by atoms with Gasteiger partial charge in [0.1, 0.15) is 5.82 Å². The van der Waals surface area contributed by atoms with Crippen molar-refractivity contribution in [2.45, 2.75) is 45.2 Å². The Morgan fingerprint density at radius 2 is 1.95 bits per heavy atom. The molecule has 0 radical (unpaired) electrons. The number of halogens is 1. The molecule has 20 heavy (non-hydrogen) atoms. The topological polar surface area (TPSA) is 12.0 Å². The van der Waals surface area contributed by atoms with E-state index in [0.29, 0.717) is 12.1 Å². The van der Waals surface area contributed by atoms with E-state index in [1.807, 2.05) is 23.5 Å². The van der Waals surface area contributed by atoms with Crippen LogP contribution in [0.15, 0.2) is 41.8 Å². The summed E-state index contributed by atoms with van der Waals surface area (Å²) in [6.45, 7) is 4.41. The van der Waals surface area contributed by atoms with Crippen LogP contribution in [0.2, 0.25) is 0 Å². The fourth-order valence-electron chi connectivity index (χ4n) is 2.46. The molecule has 0 aliphatic carbocycles. The molecule has 1 aromatic heterocycles. The highest BCUT2D eigenvalue weighted by molar-refractivity contribution is 7.10. The summed E-state index contributed by atoms with van der Waals surface area (Å²) in [6.07, 6.45) is 3.24. The van der Waals surface area contributed by atoms with E-state index in [2.05, 4.69) is 36.7 Å². The summed E-state index contributed by atoms with van der Waals surface area (Å²) in [5, 5.41) is 5.83. The van der Waals surface area contributed by atoms with Crippen molar-refractivity contribution in [3.63, 3.8) is 0 Å². The molecular weight excluding hydrogens is 269 g/mol. The molecule has 1 aromatic carbocycles. The third-order valence-corrected chi connectivity index (χ3v) is 4.39. The number of rotatable bonds is 7. The normalized spacial score (nSPS) is 14.2. The lowest BCUT2D eigenvalue weighted by molar-refractivity contribution is 0.433. The van der Waals surface area contributed by atoms with Gasteiger partial charge in [0, 0.05) is 17.0 Å². The molecule has 2 unspecified atom stereocenters.